The van der Waals surface area contributed by atoms with Crippen LogP contribution in [0.4, 0.5) is 18.9 Å². The molecule has 0 saturated heterocycles. The van der Waals surface area contributed by atoms with Crippen LogP contribution in [0.5, 0.6) is 17.2 Å². The zero-order valence-corrected chi connectivity index (χ0v) is 18.1. The summed E-state index contributed by atoms with van der Waals surface area (Å²) in [6, 6.07) is 17.0. The monoisotopic (exact) mass is 455 g/mol. The van der Waals surface area contributed by atoms with Gasteiger partial charge in [-0.1, -0.05) is 12.1 Å². The topological polar surface area (TPSA) is 53.2 Å². The number of para-hydroxylation sites is 1. The first-order valence-corrected chi connectivity index (χ1v) is 9.89. The van der Waals surface area contributed by atoms with Crippen molar-refractivity contribution in [3.05, 3.63) is 77.7 Å². The Kier molecular flexibility index (Phi) is 6.00. The number of ether oxygens (including phenoxy) is 3. The Bertz CT molecular complexity index is 1380. The van der Waals surface area contributed by atoms with Gasteiger partial charge in [-0.2, -0.15) is 13.2 Å². The van der Waals surface area contributed by atoms with Crippen LogP contribution in [0.3, 0.4) is 0 Å². The van der Waals surface area contributed by atoms with E-state index in [2.05, 4.69) is 4.99 Å². The Morgan fingerprint density at radius 2 is 1.55 bits per heavy atom. The molecule has 0 atom stereocenters. The molecule has 0 aliphatic rings. The first-order valence-electron chi connectivity index (χ1n) is 9.89. The van der Waals surface area contributed by atoms with Gasteiger partial charge >= 0.3 is 6.18 Å². The fraction of sp³-hybridized carbons (Fsp3) is 0.160. The second-order valence-corrected chi connectivity index (χ2v) is 7.05. The zero-order valence-electron chi connectivity index (χ0n) is 18.1. The van der Waals surface area contributed by atoms with Crippen LogP contribution >= 0.6 is 0 Å². The molecule has 1 aromatic heterocycles. The van der Waals surface area contributed by atoms with Crippen LogP contribution in [0.25, 0.3) is 22.3 Å². The van der Waals surface area contributed by atoms with E-state index in [0.717, 1.165) is 6.07 Å². The Hall–Kier alpha value is -3.94. The molecule has 1 heterocycles. The van der Waals surface area contributed by atoms with Crippen LogP contribution in [0.2, 0.25) is 0 Å². The van der Waals surface area contributed by atoms with E-state index in [1.165, 1.54) is 39.5 Å². The average molecular weight is 455 g/mol. The zero-order chi connectivity index (χ0) is 23.6. The van der Waals surface area contributed by atoms with Gasteiger partial charge in [-0.05, 0) is 48.5 Å². The maximum atomic E-state index is 13.6. The molecule has 170 valence electrons. The highest BCUT2D eigenvalue weighted by Crippen LogP contribution is 2.36. The van der Waals surface area contributed by atoms with E-state index < -0.39 is 11.7 Å². The second-order valence-electron chi connectivity index (χ2n) is 7.05. The van der Waals surface area contributed by atoms with Gasteiger partial charge in [-0.3, -0.25) is 0 Å². The third-order valence-corrected chi connectivity index (χ3v) is 5.07. The van der Waals surface area contributed by atoms with Gasteiger partial charge in [-0.25, -0.2) is 4.99 Å². The predicted molar refractivity (Wildman–Crippen MR) is 118 cm³/mol. The van der Waals surface area contributed by atoms with Gasteiger partial charge in [0.2, 0.25) is 0 Å². The van der Waals surface area contributed by atoms with Gasteiger partial charge in [0.1, 0.15) is 17.1 Å². The molecule has 8 heteroatoms. The Morgan fingerprint density at radius 3 is 2.24 bits per heavy atom. The molecule has 0 amide bonds. The summed E-state index contributed by atoms with van der Waals surface area (Å²) in [6.45, 7) is 0. The molecular formula is C25H20F3NO4. The fourth-order valence-corrected chi connectivity index (χ4v) is 3.44. The van der Waals surface area contributed by atoms with Crippen LogP contribution < -0.4 is 19.6 Å². The van der Waals surface area contributed by atoms with Crippen LogP contribution in [0, 0.1) is 0 Å². The largest absolute Gasteiger partial charge is 0.497 e. The van der Waals surface area contributed by atoms with Crippen molar-refractivity contribution >= 4 is 16.7 Å². The lowest BCUT2D eigenvalue weighted by Gasteiger charge is -2.11. The lowest BCUT2D eigenvalue weighted by Crippen LogP contribution is -2.08. The van der Waals surface area contributed by atoms with Gasteiger partial charge in [0, 0.05) is 17.0 Å². The van der Waals surface area contributed by atoms with E-state index in [1.54, 1.807) is 42.5 Å². The van der Waals surface area contributed by atoms with Crippen molar-refractivity contribution < 1.29 is 31.8 Å². The minimum atomic E-state index is -4.54. The van der Waals surface area contributed by atoms with Gasteiger partial charge < -0.3 is 18.6 Å². The standard InChI is InChI=1S/C25H20F3NO4/c1-30-16-9-11-21-17(13-16)20(29-19-7-5-4-6-18(19)25(26,27)28)14-23(33-21)15-8-10-22(31-2)24(12-15)32-3/h4-14H,1-3H3. The summed E-state index contributed by atoms with van der Waals surface area (Å²) in [6.07, 6.45) is -4.54. The molecule has 0 aliphatic heterocycles. The SMILES string of the molecule is COc1ccc2oc(-c3ccc(OC)c(OC)c3)cc(=Nc3ccccc3C(F)(F)F)c2c1. The van der Waals surface area contributed by atoms with E-state index >= 15 is 0 Å². The molecule has 0 unspecified atom stereocenters. The van der Waals surface area contributed by atoms with E-state index in [-0.39, 0.29) is 5.69 Å². The van der Waals surface area contributed by atoms with Gasteiger partial charge in [-0.15, -0.1) is 0 Å². The maximum absolute atomic E-state index is 13.6. The molecule has 0 saturated carbocycles. The summed E-state index contributed by atoms with van der Waals surface area (Å²) in [5.41, 5.74) is 0.0605. The summed E-state index contributed by atoms with van der Waals surface area (Å²) in [5.74, 6) is 1.95. The van der Waals surface area contributed by atoms with E-state index in [0.29, 0.717) is 44.9 Å². The smallest absolute Gasteiger partial charge is 0.418 e. The molecule has 4 rings (SSSR count). The summed E-state index contributed by atoms with van der Waals surface area (Å²) in [4.78, 5) is 4.38. The number of hydrogen-bond acceptors (Lipinski definition) is 5. The van der Waals surface area contributed by atoms with Crippen LogP contribution in [0.15, 0.2) is 76.1 Å². The highest BCUT2D eigenvalue weighted by atomic mass is 19.4. The number of halogens is 3. The van der Waals surface area contributed by atoms with Crippen LogP contribution in [-0.4, -0.2) is 21.3 Å². The Balaban J connectivity index is 2.01. The molecule has 3 aromatic carbocycles. The molecule has 0 bridgehead atoms. The van der Waals surface area contributed by atoms with E-state index in [1.807, 2.05) is 0 Å². The molecule has 5 nitrogen and oxygen atoms in total. The predicted octanol–water partition coefficient (Wildman–Crippen LogP) is 6.38. The third kappa shape index (κ3) is 4.50. The minimum Gasteiger partial charge on any atom is -0.497 e. The number of alkyl halides is 3. The van der Waals surface area contributed by atoms with Gasteiger partial charge in [0.15, 0.2) is 11.5 Å². The molecule has 33 heavy (non-hydrogen) atoms. The van der Waals surface area contributed by atoms with Crippen molar-refractivity contribution in [3.63, 3.8) is 0 Å². The van der Waals surface area contributed by atoms with Gasteiger partial charge in [0.25, 0.3) is 0 Å². The molecule has 0 spiro atoms. The van der Waals surface area contributed by atoms with Crippen molar-refractivity contribution in [3.8, 4) is 28.6 Å². The van der Waals surface area contributed by atoms with Crippen LogP contribution in [-0.2, 0) is 6.18 Å². The van der Waals surface area contributed by atoms with Crippen molar-refractivity contribution in [1.29, 1.82) is 0 Å². The number of benzene rings is 3. The Morgan fingerprint density at radius 1 is 0.788 bits per heavy atom. The molecule has 0 radical (unpaired) electrons. The maximum Gasteiger partial charge on any atom is 0.418 e. The molecule has 0 N–H and O–H groups in total. The highest BCUT2D eigenvalue weighted by Gasteiger charge is 2.33. The first-order chi connectivity index (χ1) is 15.8. The number of rotatable bonds is 5. The first kappa shape index (κ1) is 22.3. The van der Waals surface area contributed by atoms with E-state index in [9.17, 15) is 13.2 Å². The molecule has 0 fully saturated rings. The lowest BCUT2D eigenvalue weighted by atomic mass is 10.1. The van der Waals surface area contributed by atoms with Crippen molar-refractivity contribution in [2.75, 3.05) is 21.3 Å². The van der Waals surface area contributed by atoms with Crippen molar-refractivity contribution in [2.24, 2.45) is 4.99 Å². The quantitative estimate of drug-likeness (QED) is 0.351. The van der Waals surface area contributed by atoms with Crippen molar-refractivity contribution in [2.45, 2.75) is 6.18 Å². The fourth-order valence-electron chi connectivity index (χ4n) is 3.44. The van der Waals surface area contributed by atoms with E-state index in [4.69, 9.17) is 18.6 Å². The highest BCUT2D eigenvalue weighted by molar-refractivity contribution is 5.80. The number of methoxy groups -OCH3 is 3. The summed E-state index contributed by atoms with van der Waals surface area (Å²) >= 11 is 0. The number of nitrogens with zero attached hydrogens (tertiary/aromatic N) is 1. The summed E-state index contributed by atoms with van der Waals surface area (Å²) in [5, 5.41) is 0.812. The molecule has 4 aromatic rings. The minimum absolute atomic E-state index is 0.196. The molecular weight excluding hydrogens is 435 g/mol. The Labute approximate surface area is 187 Å². The summed E-state index contributed by atoms with van der Waals surface area (Å²) < 4.78 is 62.7. The normalized spacial score (nSPS) is 12.1. The van der Waals surface area contributed by atoms with Crippen LogP contribution in [0.1, 0.15) is 5.56 Å². The number of fused-ring (bicyclic) bond motifs is 1. The van der Waals surface area contributed by atoms with Crippen molar-refractivity contribution in [1.82, 2.24) is 0 Å². The second kappa shape index (κ2) is 8.90. The van der Waals surface area contributed by atoms with Gasteiger partial charge in [0.05, 0.1) is 37.9 Å². The summed E-state index contributed by atoms with van der Waals surface area (Å²) in [7, 11) is 4.55. The lowest BCUT2D eigenvalue weighted by molar-refractivity contribution is -0.137. The number of hydrogen-bond donors (Lipinski definition) is 0. The average Bonchev–Trinajstić information content (AvgIpc) is 2.82. The third-order valence-electron chi connectivity index (χ3n) is 5.07. The molecule has 0 aliphatic carbocycles.